The van der Waals surface area contributed by atoms with Crippen LogP contribution in [0.1, 0.15) is 20.8 Å². The Kier molecular flexibility index (Phi) is 6.16. The van der Waals surface area contributed by atoms with Crippen LogP contribution in [-0.2, 0) is 11.3 Å². The van der Waals surface area contributed by atoms with Gasteiger partial charge in [0.2, 0.25) is 5.91 Å². The molecule has 0 unspecified atom stereocenters. The summed E-state index contributed by atoms with van der Waals surface area (Å²) in [5.41, 5.74) is 0.915. The highest BCUT2D eigenvalue weighted by Gasteiger charge is 2.17. The molecule has 8 heteroatoms. The highest BCUT2D eigenvalue weighted by Crippen LogP contribution is 2.34. The molecule has 0 aliphatic carbocycles. The molecule has 3 aromatic heterocycles. The molecule has 5 nitrogen and oxygen atoms in total. The smallest absolute Gasteiger partial charge is 0.263 e. The first-order chi connectivity index (χ1) is 12.5. The number of hydrogen-bond donors (Lipinski definition) is 1. The topological polar surface area (TPSA) is 64.0 Å². The van der Waals surface area contributed by atoms with Crippen molar-refractivity contribution < 1.29 is 4.79 Å². The van der Waals surface area contributed by atoms with E-state index in [9.17, 15) is 9.59 Å². The lowest BCUT2D eigenvalue weighted by molar-refractivity contribution is -0.118. The highest BCUT2D eigenvalue weighted by atomic mass is 32.2. The van der Waals surface area contributed by atoms with E-state index >= 15 is 0 Å². The lowest BCUT2D eigenvalue weighted by Crippen LogP contribution is -2.29. The summed E-state index contributed by atoms with van der Waals surface area (Å²) in [6.07, 6.45) is 0. The Morgan fingerprint density at radius 2 is 2.19 bits per heavy atom. The zero-order valence-corrected chi connectivity index (χ0v) is 17.4. The van der Waals surface area contributed by atoms with Gasteiger partial charge in [0.25, 0.3) is 5.56 Å². The SMILES string of the molecule is CCn1c(SCC(=O)NCC(C)C)nc2scc(-c3cccs3)c2c1=O. The predicted molar refractivity (Wildman–Crippen MR) is 111 cm³/mol. The fraction of sp³-hybridized carbons (Fsp3) is 0.389. The molecule has 0 spiro atoms. The van der Waals surface area contributed by atoms with Crippen LogP contribution in [0.5, 0.6) is 0 Å². The Morgan fingerprint density at radius 1 is 1.38 bits per heavy atom. The molecule has 0 bridgehead atoms. The largest absolute Gasteiger partial charge is 0.355 e. The van der Waals surface area contributed by atoms with E-state index in [1.54, 1.807) is 15.9 Å². The van der Waals surface area contributed by atoms with E-state index in [0.717, 1.165) is 15.3 Å². The van der Waals surface area contributed by atoms with Crippen LogP contribution in [0, 0.1) is 5.92 Å². The number of amides is 1. The van der Waals surface area contributed by atoms with Crippen molar-refractivity contribution in [2.75, 3.05) is 12.3 Å². The standard InChI is InChI=1S/C18H21N3O2S3/c1-4-21-17(23)15-12(13-6-5-7-24-13)9-25-16(15)20-18(21)26-10-14(22)19-8-11(2)3/h5-7,9,11H,4,8,10H2,1-3H3,(H,19,22). The van der Waals surface area contributed by atoms with Gasteiger partial charge in [0.1, 0.15) is 4.83 Å². The summed E-state index contributed by atoms with van der Waals surface area (Å²) >= 11 is 4.41. The molecular weight excluding hydrogens is 386 g/mol. The van der Waals surface area contributed by atoms with Gasteiger partial charge in [-0.3, -0.25) is 14.2 Å². The van der Waals surface area contributed by atoms with Crippen LogP contribution in [0.15, 0.2) is 32.8 Å². The third kappa shape index (κ3) is 4.02. The number of hydrogen-bond acceptors (Lipinski definition) is 6. The van der Waals surface area contributed by atoms with Gasteiger partial charge in [-0.25, -0.2) is 4.98 Å². The molecule has 1 amide bonds. The van der Waals surface area contributed by atoms with Crippen LogP contribution in [0.4, 0.5) is 0 Å². The summed E-state index contributed by atoms with van der Waals surface area (Å²) in [6, 6.07) is 4.00. The van der Waals surface area contributed by atoms with Crippen LogP contribution in [0.2, 0.25) is 0 Å². The minimum atomic E-state index is -0.0360. The summed E-state index contributed by atoms with van der Waals surface area (Å²) < 4.78 is 1.66. The van der Waals surface area contributed by atoms with Crippen LogP contribution < -0.4 is 10.9 Å². The Bertz CT molecular complexity index is 958. The van der Waals surface area contributed by atoms with Gasteiger partial charge in [-0.1, -0.05) is 31.7 Å². The summed E-state index contributed by atoms with van der Waals surface area (Å²) in [5.74, 6) is 0.633. The van der Waals surface area contributed by atoms with E-state index < -0.39 is 0 Å². The number of nitrogens with zero attached hydrogens (tertiary/aromatic N) is 2. The number of rotatable bonds is 7. The molecule has 3 aromatic rings. The number of aromatic nitrogens is 2. The average Bonchev–Trinajstić information content (AvgIpc) is 3.27. The van der Waals surface area contributed by atoms with E-state index in [0.29, 0.717) is 29.6 Å². The molecule has 0 aliphatic rings. The first kappa shape index (κ1) is 19.1. The third-order valence-corrected chi connectivity index (χ3v) is 6.55. The molecule has 26 heavy (non-hydrogen) atoms. The zero-order valence-electron chi connectivity index (χ0n) is 14.9. The maximum atomic E-state index is 13.0. The molecule has 3 rings (SSSR count). The highest BCUT2D eigenvalue weighted by molar-refractivity contribution is 7.99. The maximum absolute atomic E-state index is 13.0. The predicted octanol–water partition coefficient (Wildman–Crippen LogP) is 4.07. The monoisotopic (exact) mass is 407 g/mol. The molecule has 0 aromatic carbocycles. The van der Waals surface area contributed by atoms with Crippen LogP contribution in [0.3, 0.4) is 0 Å². The van der Waals surface area contributed by atoms with Gasteiger partial charge >= 0.3 is 0 Å². The Hall–Kier alpha value is -1.64. The number of carbonyl (C=O) groups is 1. The fourth-order valence-electron chi connectivity index (χ4n) is 2.51. The summed E-state index contributed by atoms with van der Waals surface area (Å²) in [6.45, 7) is 7.22. The Morgan fingerprint density at radius 3 is 2.85 bits per heavy atom. The van der Waals surface area contributed by atoms with E-state index in [-0.39, 0.29) is 17.2 Å². The molecule has 0 saturated heterocycles. The van der Waals surface area contributed by atoms with Crippen molar-refractivity contribution >= 4 is 50.6 Å². The quantitative estimate of drug-likeness (QED) is 0.474. The maximum Gasteiger partial charge on any atom is 0.263 e. The molecule has 0 atom stereocenters. The minimum absolute atomic E-state index is 0.0350. The van der Waals surface area contributed by atoms with Crippen molar-refractivity contribution in [3.8, 4) is 10.4 Å². The van der Waals surface area contributed by atoms with Crippen molar-refractivity contribution in [3.05, 3.63) is 33.2 Å². The summed E-state index contributed by atoms with van der Waals surface area (Å²) in [4.78, 5) is 31.5. The fourth-order valence-corrected chi connectivity index (χ4v) is 5.20. The van der Waals surface area contributed by atoms with Crippen LogP contribution >= 0.6 is 34.4 Å². The van der Waals surface area contributed by atoms with Crippen LogP contribution in [-0.4, -0.2) is 27.8 Å². The average molecular weight is 408 g/mol. The second-order valence-electron chi connectivity index (χ2n) is 6.24. The number of nitrogens with one attached hydrogen (secondary N) is 1. The van der Waals surface area contributed by atoms with E-state index in [1.807, 2.05) is 29.8 Å². The van der Waals surface area contributed by atoms with Gasteiger partial charge in [0, 0.05) is 28.9 Å². The molecule has 1 N–H and O–H groups in total. The van der Waals surface area contributed by atoms with Crippen molar-refractivity contribution in [2.45, 2.75) is 32.5 Å². The second kappa shape index (κ2) is 8.37. The molecule has 138 valence electrons. The number of fused-ring (bicyclic) bond motifs is 1. The molecular formula is C18H21N3O2S3. The number of thioether (sulfide) groups is 1. The van der Waals surface area contributed by atoms with Gasteiger partial charge in [-0.2, -0.15) is 0 Å². The molecule has 0 aliphatic heterocycles. The number of thiophene rings is 2. The molecule has 3 heterocycles. The first-order valence-electron chi connectivity index (χ1n) is 8.46. The normalized spacial score (nSPS) is 11.4. The van der Waals surface area contributed by atoms with Crippen molar-refractivity contribution in [2.24, 2.45) is 5.92 Å². The summed E-state index contributed by atoms with van der Waals surface area (Å²) in [7, 11) is 0. The van der Waals surface area contributed by atoms with Crippen molar-refractivity contribution in [3.63, 3.8) is 0 Å². The Labute approximate surface area is 164 Å². The molecule has 0 radical (unpaired) electrons. The first-order valence-corrected chi connectivity index (χ1v) is 11.2. The van der Waals surface area contributed by atoms with Gasteiger partial charge in [0.05, 0.1) is 11.1 Å². The van der Waals surface area contributed by atoms with Gasteiger partial charge in [-0.05, 0) is 24.3 Å². The third-order valence-electron chi connectivity index (χ3n) is 3.80. The molecule has 0 saturated carbocycles. The second-order valence-corrected chi connectivity index (χ2v) is 8.99. The van der Waals surface area contributed by atoms with Gasteiger partial charge in [0.15, 0.2) is 5.16 Å². The summed E-state index contributed by atoms with van der Waals surface area (Å²) in [5, 5.41) is 8.17. The van der Waals surface area contributed by atoms with Gasteiger partial charge < -0.3 is 5.32 Å². The zero-order chi connectivity index (χ0) is 18.7. The van der Waals surface area contributed by atoms with Crippen LogP contribution in [0.25, 0.3) is 20.7 Å². The number of carbonyl (C=O) groups excluding carboxylic acids is 1. The van der Waals surface area contributed by atoms with Crippen molar-refractivity contribution in [1.82, 2.24) is 14.9 Å². The van der Waals surface area contributed by atoms with E-state index in [1.165, 1.54) is 23.1 Å². The van der Waals surface area contributed by atoms with E-state index in [2.05, 4.69) is 24.1 Å². The lowest BCUT2D eigenvalue weighted by Gasteiger charge is -2.11. The Balaban J connectivity index is 1.90. The van der Waals surface area contributed by atoms with Gasteiger partial charge in [-0.15, -0.1) is 22.7 Å². The van der Waals surface area contributed by atoms with E-state index in [4.69, 9.17) is 0 Å². The van der Waals surface area contributed by atoms with Crippen molar-refractivity contribution in [1.29, 1.82) is 0 Å². The molecule has 0 fully saturated rings. The lowest BCUT2D eigenvalue weighted by atomic mass is 10.2. The minimum Gasteiger partial charge on any atom is -0.355 e.